The molecule has 0 unspecified atom stereocenters. The standard InChI is InChI=1S/C20H31N3Si/c1-24(2,3)18-6-4-17(5-7-18)22-19(21)23-20-11-14-8-15(12-20)10-16(9-14)13-20/h4-7,14-16H,8-13H2,1-3H3,(H3,21,22,23). The number of hydrogen-bond acceptors (Lipinski definition) is 1. The average molecular weight is 342 g/mol. The molecule has 4 saturated carbocycles. The van der Waals surface area contributed by atoms with E-state index in [4.69, 9.17) is 10.7 Å². The summed E-state index contributed by atoms with van der Waals surface area (Å²) < 4.78 is 0. The van der Waals surface area contributed by atoms with E-state index in [2.05, 4.69) is 49.2 Å². The fraction of sp³-hybridized carbons (Fsp3) is 0.650. The van der Waals surface area contributed by atoms with Gasteiger partial charge in [-0.3, -0.25) is 0 Å². The molecule has 1 aromatic carbocycles. The van der Waals surface area contributed by atoms with Gasteiger partial charge in [-0.25, -0.2) is 4.99 Å². The van der Waals surface area contributed by atoms with Crippen molar-refractivity contribution >= 4 is 24.9 Å². The maximum Gasteiger partial charge on any atom is 0.193 e. The minimum atomic E-state index is -1.24. The van der Waals surface area contributed by atoms with Crippen LogP contribution in [-0.4, -0.2) is 19.6 Å². The van der Waals surface area contributed by atoms with Crippen LogP contribution in [-0.2, 0) is 0 Å². The zero-order chi connectivity index (χ0) is 16.9. The molecule has 3 N–H and O–H groups in total. The van der Waals surface area contributed by atoms with Crippen molar-refractivity contribution in [1.29, 1.82) is 0 Å². The van der Waals surface area contributed by atoms with Gasteiger partial charge in [0.15, 0.2) is 5.96 Å². The SMILES string of the molecule is C[Si](C)(C)c1ccc(NC(N)=NC23CC4CC(CC(C4)C2)C3)cc1. The van der Waals surface area contributed by atoms with Gasteiger partial charge in [-0.2, -0.15) is 0 Å². The van der Waals surface area contributed by atoms with Crippen LogP contribution in [0.1, 0.15) is 38.5 Å². The predicted molar refractivity (Wildman–Crippen MR) is 106 cm³/mol. The highest BCUT2D eigenvalue weighted by molar-refractivity contribution is 6.88. The first-order valence-electron chi connectivity index (χ1n) is 9.54. The third-order valence-corrected chi connectivity index (χ3v) is 8.45. The number of hydrogen-bond donors (Lipinski definition) is 2. The second-order valence-corrected chi connectivity index (χ2v) is 14.7. The molecule has 130 valence electrons. The Labute approximate surface area is 147 Å². The number of benzene rings is 1. The first kappa shape index (κ1) is 16.2. The van der Waals surface area contributed by atoms with E-state index < -0.39 is 8.07 Å². The Hall–Kier alpha value is -1.29. The lowest BCUT2D eigenvalue weighted by Crippen LogP contribution is -2.50. The van der Waals surface area contributed by atoms with E-state index in [1.54, 1.807) is 0 Å². The highest BCUT2D eigenvalue weighted by Gasteiger charge is 2.51. The topological polar surface area (TPSA) is 50.4 Å². The Balaban J connectivity index is 1.48. The number of nitrogens with two attached hydrogens (primary N) is 1. The van der Waals surface area contributed by atoms with Crippen LogP contribution in [0.3, 0.4) is 0 Å². The minimum absolute atomic E-state index is 0.143. The summed E-state index contributed by atoms with van der Waals surface area (Å²) in [5.41, 5.74) is 7.50. The molecule has 1 aromatic rings. The Morgan fingerprint density at radius 3 is 1.96 bits per heavy atom. The predicted octanol–water partition coefficient (Wildman–Crippen LogP) is 3.93. The van der Waals surface area contributed by atoms with Gasteiger partial charge >= 0.3 is 0 Å². The van der Waals surface area contributed by atoms with Crippen molar-refractivity contribution in [3.8, 4) is 0 Å². The number of rotatable bonds is 3. The highest BCUT2D eigenvalue weighted by Crippen LogP contribution is 2.57. The summed E-state index contributed by atoms with van der Waals surface area (Å²) in [7, 11) is -1.24. The van der Waals surface area contributed by atoms with Crippen molar-refractivity contribution in [1.82, 2.24) is 0 Å². The van der Waals surface area contributed by atoms with Crippen LogP contribution in [0.4, 0.5) is 5.69 Å². The maximum absolute atomic E-state index is 6.30. The van der Waals surface area contributed by atoms with Crippen LogP contribution >= 0.6 is 0 Å². The Bertz CT molecular complexity index is 607. The first-order valence-corrected chi connectivity index (χ1v) is 13.0. The molecule has 5 rings (SSSR count). The summed E-state index contributed by atoms with van der Waals surface area (Å²) in [6, 6.07) is 8.78. The van der Waals surface area contributed by atoms with Crippen LogP contribution in [0.25, 0.3) is 0 Å². The van der Waals surface area contributed by atoms with Gasteiger partial charge < -0.3 is 11.1 Å². The summed E-state index contributed by atoms with van der Waals surface area (Å²) in [5, 5.41) is 4.82. The summed E-state index contributed by atoms with van der Waals surface area (Å²) in [4.78, 5) is 5.03. The Morgan fingerprint density at radius 2 is 1.50 bits per heavy atom. The molecule has 0 spiro atoms. The fourth-order valence-electron chi connectivity index (χ4n) is 5.69. The number of nitrogens with zero attached hydrogens (tertiary/aromatic N) is 1. The van der Waals surface area contributed by atoms with Gasteiger partial charge in [0.2, 0.25) is 0 Å². The minimum Gasteiger partial charge on any atom is -0.370 e. The van der Waals surface area contributed by atoms with E-state index in [1.165, 1.54) is 43.7 Å². The van der Waals surface area contributed by atoms with Crippen LogP contribution < -0.4 is 16.2 Å². The quantitative estimate of drug-likeness (QED) is 0.497. The normalized spacial score (nSPS) is 35.3. The molecule has 24 heavy (non-hydrogen) atoms. The molecule has 0 amide bonds. The maximum atomic E-state index is 6.30. The number of guanidine groups is 1. The smallest absolute Gasteiger partial charge is 0.193 e. The third kappa shape index (κ3) is 3.13. The van der Waals surface area contributed by atoms with Crippen LogP contribution in [0.2, 0.25) is 19.6 Å². The van der Waals surface area contributed by atoms with Crippen molar-refractivity contribution in [2.45, 2.75) is 63.7 Å². The van der Waals surface area contributed by atoms with Gasteiger partial charge in [-0.15, -0.1) is 0 Å². The van der Waals surface area contributed by atoms with E-state index in [0.29, 0.717) is 5.96 Å². The van der Waals surface area contributed by atoms with Gasteiger partial charge in [-0.05, 0) is 68.4 Å². The van der Waals surface area contributed by atoms with E-state index in [1.807, 2.05) is 0 Å². The molecule has 4 aliphatic carbocycles. The molecule has 4 aliphatic rings. The zero-order valence-electron chi connectivity index (χ0n) is 15.3. The van der Waals surface area contributed by atoms with E-state index in [-0.39, 0.29) is 5.54 Å². The average Bonchev–Trinajstić information content (AvgIpc) is 2.44. The lowest BCUT2D eigenvalue weighted by molar-refractivity contribution is 0.00164. The van der Waals surface area contributed by atoms with Gasteiger partial charge in [0, 0.05) is 5.69 Å². The van der Waals surface area contributed by atoms with Crippen molar-refractivity contribution in [3.63, 3.8) is 0 Å². The van der Waals surface area contributed by atoms with Crippen molar-refractivity contribution in [3.05, 3.63) is 24.3 Å². The Morgan fingerprint density at radius 1 is 1.00 bits per heavy atom. The third-order valence-electron chi connectivity index (χ3n) is 6.39. The molecular formula is C20H31N3Si. The second-order valence-electron chi connectivity index (χ2n) is 9.59. The summed E-state index contributed by atoms with van der Waals surface area (Å²) in [5.74, 6) is 3.33. The molecule has 4 fully saturated rings. The van der Waals surface area contributed by atoms with Crippen molar-refractivity contribution in [2.24, 2.45) is 28.5 Å². The van der Waals surface area contributed by atoms with E-state index >= 15 is 0 Å². The number of nitrogens with one attached hydrogen (secondary N) is 1. The summed E-state index contributed by atoms with van der Waals surface area (Å²) in [6.07, 6.45) is 8.11. The molecule has 3 nitrogen and oxygen atoms in total. The molecule has 0 heterocycles. The summed E-state index contributed by atoms with van der Waals surface area (Å²) in [6.45, 7) is 7.12. The molecule has 0 saturated heterocycles. The lowest BCUT2D eigenvalue weighted by Gasteiger charge is -2.54. The van der Waals surface area contributed by atoms with E-state index in [9.17, 15) is 0 Å². The highest BCUT2D eigenvalue weighted by atomic mass is 28.3. The number of aliphatic imine (C=N–C) groups is 1. The van der Waals surface area contributed by atoms with Gasteiger partial charge in [-0.1, -0.05) is 37.0 Å². The van der Waals surface area contributed by atoms with E-state index in [0.717, 1.165) is 23.4 Å². The molecule has 4 heteroatoms. The van der Waals surface area contributed by atoms with Gasteiger partial charge in [0.25, 0.3) is 0 Å². The molecule has 0 aromatic heterocycles. The van der Waals surface area contributed by atoms with Crippen molar-refractivity contribution < 1.29 is 0 Å². The fourth-order valence-corrected chi connectivity index (χ4v) is 6.85. The first-order chi connectivity index (χ1) is 11.3. The molecule has 0 aliphatic heterocycles. The lowest BCUT2D eigenvalue weighted by atomic mass is 9.53. The second kappa shape index (κ2) is 5.62. The Kier molecular flexibility index (Phi) is 3.79. The monoisotopic (exact) mass is 341 g/mol. The van der Waals surface area contributed by atoms with Crippen LogP contribution in [0.15, 0.2) is 29.3 Å². The zero-order valence-corrected chi connectivity index (χ0v) is 16.3. The molecule has 0 atom stereocenters. The number of anilines is 1. The van der Waals surface area contributed by atoms with Gasteiger partial charge in [0.05, 0.1) is 13.6 Å². The molecular weight excluding hydrogens is 310 g/mol. The molecule has 4 bridgehead atoms. The van der Waals surface area contributed by atoms with Crippen LogP contribution in [0.5, 0.6) is 0 Å². The molecule has 0 radical (unpaired) electrons. The van der Waals surface area contributed by atoms with Crippen LogP contribution in [0, 0.1) is 17.8 Å². The summed E-state index contributed by atoms with van der Waals surface area (Å²) >= 11 is 0. The van der Waals surface area contributed by atoms with Gasteiger partial charge in [0.1, 0.15) is 0 Å². The van der Waals surface area contributed by atoms with Crippen molar-refractivity contribution in [2.75, 3.05) is 5.32 Å². The largest absolute Gasteiger partial charge is 0.370 e.